The molecule has 1 aliphatic rings. The van der Waals surface area contributed by atoms with Crippen LogP contribution in [0.4, 0.5) is 0 Å². The summed E-state index contributed by atoms with van der Waals surface area (Å²) in [5, 5.41) is 1.85. The number of ether oxygens (including phenoxy) is 2. The van der Waals surface area contributed by atoms with Gasteiger partial charge in [0.05, 0.1) is 13.8 Å². The zero-order valence-corrected chi connectivity index (χ0v) is 21.0. The fourth-order valence-electron chi connectivity index (χ4n) is 3.64. The monoisotopic (exact) mass is 408 g/mol. The van der Waals surface area contributed by atoms with Crippen molar-refractivity contribution in [2.45, 2.75) is 91.1 Å². The molecule has 0 saturated heterocycles. The van der Waals surface area contributed by atoms with E-state index in [1.807, 2.05) is 7.11 Å². The van der Waals surface area contributed by atoms with Crippen molar-refractivity contribution in [2.24, 2.45) is 11.3 Å². The Morgan fingerprint density at radius 2 is 1.67 bits per heavy atom. The van der Waals surface area contributed by atoms with Crippen molar-refractivity contribution < 1.29 is 9.47 Å². The molecule has 4 atom stereocenters. The molecule has 1 aromatic carbocycles. The summed E-state index contributed by atoms with van der Waals surface area (Å²) in [6.07, 6.45) is 3.75. The number of hydrogen-bond donors (Lipinski definition) is 0. The Morgan fingerprint density at radius 1 is 1.00 bits per heavy atom. The summed E-state index contributed by atoms with van der Waals surface area (Å²) in [5.41, 5.74) is 0.339. The average molecular weight is 409 g/mol. The van der Waals surface area contributed by atoms with Gasteiger partial charge in [0.2, 0.25) is 0 Å². The molecular weight excluding hydrogens is 367 g/mol. The van der Waals surface area contributed by atoms with E-state index in [4.69, 9.17) is 9.47 Å². The summed E-state index contributed by atoms with van der Waals surface area (Å²) >= 11 is 0. The van der Waals surface area contributed by atoms with E-state index in [1.54, 1.807) is 0 Å². The lowest BCUT2D eigenvalue weighted by Gasteiger charge is -2.41. The molecule has 1 aliphatic carbocycles. The van der Waals surface area contributed by atoms with Gasteiger partial charge >= 0.3 is 0 Å². The second kappa shape index (κ2) is 8.55. The Kier molecular flexibility index (Phi) is 7.26. The molecule has 2 nitrogen and oxygen atoms in total. The van der Waals surface area contributed by atoms with Crippen molar-refractivity contribution in [3.8, 4) is 5.75 Å². The molecule has 0 radical (unpaired) electrons. The highest BCUT2D eigenvalue weighted by Crippen LogP contribution is 2.46. The van der Waals surface area contributed by atoms with Gasteiger partial charge in [-0.2, -0.15) is 0 Å². The normalized spacial score (nSPS) is 25.1. The van der Waals surface area contributed by atoms with Crippen molar-refractivity contribution in [3.05, 3.63) is 24.3 Å². The third-order valence-electron chi connectivity index (χ3n) is 6.71. The van der Waals surface area contributed by atoms with Crippen molar-refractivity contribution in [3.63, 3.8) is 0 Å². The molecule has 27 heavy (non-hydrogen) atoms. The van der Waals surface area contributed by atoms with E-state index in [0.29, 0.717) is 16.4 Å². The number of rotatable bonds is 5. The minimum atomic E-state index is -1.32. The second-order valence-corrected chi connectivity index (χ2v) is 20.9. The predicted octanol–water partition coefficient (Wildman–Crippen LogP) is 6.60. The molecule has 0 aromatic heterocycles. The van der Waals surface area contributed by atoms with Crippen LogP contribution < -0.4 is 10.0 Å². The molecule has 0 aliphatic heterocycles. The lowest BCUT2D eigenvalue weighted by atomic mass is 9.71. The lowest BCUT2D eigenvalue weighted by Crippen LogP contribution is -2.42. The van der Waals surface area contributed by atoms with Crippen molar-refractivity contribution in [1.29, 1.82) is 0 Å². The van der Waals surface area contributed by atoms with Crippen molar-refractivity contribution in [2.75, 3.05) is 7.11 Å². The minimum Gasteiger partial charge on any atom is -0.488 e. The summed E-state index contributed by atoms with van der Waals surface area (Å²) in [6, 6.07) is 8.83. The zero-order chi connectivity index (χ0) is 20.5. The Morgan fingerprint density at radius 3 is 2.22 bits per heavy atom. The quantitative estimate of drug-likeness (QED) is 0.403. The Bertz CT molecular complexity index is 616. The van der Waals surface area contributed by atoms with Gasteiger partial charge in [-0.15, -0.1) is 8.13 Å². The van der Waals surface area contributed by atoms with Crippen LogP contribution in [-0.4, -0.2) is 27.1 Å². The van der Waals surface area contributed by atoms with E-state index in [1.165, 1.54) is 11.7 Å². The van der Waals surface area contributed by atoms with Crippen LogP contribution in [0.1, 0.15) is 60.8 Å². The maximum absolute atomic E-state index is 6.46. The fraction of sp³-hybridized carbons (Fsp3) is 0.739. The van der Waals surface area contributed by atoms with Crippen LogP contribution in [0.25, 0.3) is 0 Å². The van der Waals surface area contributed by atoms with E-state index in [-0.39, 0.29) is 12.2 Å². The molecule has 1 fully saturated rings. The second-order valence-electron chi connectivity index (χ2n) is 10.8. The molecule has 4 heteroatoms. The predicted molar refractivity (Wildman–Crippen MR) is 124 cm³/mol. The standard InChI is InChI=1S/C23H41O2PSi/c1-22(2,3)17-13-14-20(21(15-17)24-7)25-18-11-10-12-19(16-18)26-27(8,9)23(4,5)6/h10-12,16-17,20-21,26H,13-15H2,1-9H3/t17?,20-,21-/m1/s1. The minimum absolute atomic E-state index is 0.167. The summed E-state index contributed by atoms with van der Waals surface area (Å²) in [5.74, 6) is 1.72. The molecular formula is C23H41O2PSi. The first kappa shape index (κ1) is 22.9. The van der Waals surface area contributed by atoms with Gasteiger partial charge in [-0.05, 0) is 53.1 Å². The van der Waals surface area contributed by atoms with Crippen molar-refractivity contribution in [1.82, 2.24) is 0 Å². The summed E-state index contributed by atoms with van der Waals surface area (Å²) < 4.78 is 12.3. The SMILES string of the molecule is CO[C@@H]1CC(C(C)(C)C)CC[C@H]1Oc1cccc(P[Si](C)(C)C(C)(C)C)c1. The van der Waals surface area contributed by atoms with Gasteiger partial charge < -0.3 is 9.47 Å². The lowest BCUT2D eigenvalue weighted by molar-refractivity contribution is -0.0540. The van der Waals surface area contributed by atoms with Crippen molar-refractivity contribution >= 4 is 21.2 Å². The largest absolute Gasteiger partial charge is 0.488 e. The smallest absolute Gasteiger partial charge is 0.125 e. The highest BCUT2D eigenvalue weighted by molar-refractivity contribution is 7.87. The molecule has 0 spiro atoms. The molecule has 0 amide bonds. The van der Waals surface area contributed by atoms with Crippen LogP contribution in [-0.2, 0) is 4.74 Å². The van der Waals surface area contributed by atoms with Crippen LogP contribution >= 0.6 is 8.13 Å². The van der Waals surface area contributed by atoms with E-state index in [9.17, 15) is 0 Å². The summed E-state index contributed by atoms with van der Waals surface area (Å²) in [7, 11) is 1.41. The first-order chi connectivity index (χ1) is 12.3. The third-order valence-corrected chi connectivity index (χ3v) is 16.7. The first-order valence-electron chi connectivity index (χ1n) is 10.4. The Labute approximate surface area is 170 Å². The Hall–Kier alpha value is -0.373. The molecule has 0 bridgehead atoms. The molecule has 1 saturated carbocycles. The summed E-state index contributed by atoms with van der Waals surface area (Å²) in [4.78, 5) is 0. The van der Waals surface area contributed by atoms with Gasteiger partial charge in [0.25, 0.3) is 0 Å². The molecule has 0 N–H and O–H groups in total. The number of benzene rings is 1. The van der Waals surface area contributed by atoms with E-state index in [2.05, 4.69) is 78.9 Å². The topological polar surface area (TPSA) is 18.5 Å². The maximum atomic E-state index is 6.46. The third kappa shape index (κ3) is 6.05. The highest BCUT2D eigenvalue weighted by atomic mass is 31.3. The average Bonchev–Trinajstić information content (AvgIpc) is 2.53. The van der Waals surface area contributed by atoms with Crippen LogP contribution in [0.5, 0.6) is 5.75 Å². The van der Waals surface area contributed by atoms with Crippen LogP contribution in [0, 0.1) is 11.3 Å². The van der Waals surface area contributed by atoms with Gasteiger partial charge in [-0.1, -0.05) is 66.8 Å². The summed E-state index contributed by atoms with van der Waals surface area (Å²) in [6.45, 7) is 19.2. The molecule has 2 rings (SSSR count). The zero-order valence-electron chi connectivity index (χ0n) is 19.0. The van der Waals surface area contributed by atoms with E-state index >= 15 is 0 Å². The Balaban J connectivity index is 2.08. The van der Waals surface area contributed by atoms with Gasteiger partial charge in [0.15, 0.2) is 0 Å². The fourth-order valence-corrected chi connectivity index (χ4v) is 8.89. The van der Waals surface area contributed by atoms with Crippen LogP contribution in [0.15, 0.2) is 24.3 Å². The van der Waals surface area contributed by atoms with Gasteiger partial charge in [0, 0.05) is 7.11 Å². The molecule has 1 aromatic rings. The van der Waals surface area contributed by atoms with Gasteiger partial charge in [0.1, 0.15) is 11.9 Å². The maximum Gasteiger partial charge on any atom is 0.125 e. The van der Waals surface area contributed by atoms with Gasteiger partial charge in [-0.25, -0.2) is 0 Å². The van der Waals surface area contributed by atoms with E-state index in [0.717, 1.165) is 26.7 Å². The highest BCUT2D eigenvalue weighted by Gasteiger charge is 2.38. The molecule has 154 valence electrons. The van der Waals surface area contributed by atoms with E-state index < -0.39 is 7.74 Å². The van der Waals surface area contributed by atoms with Crippen LogP contribution in [0.3, 0.4) is 0 Å². The molecule has 2 unspecified atom stereocenters. The first-order valence-corrected chi connectivity index (χ1v) is 15.4. The number of hydrogen-bond acceptors (Lipinski definition) is 2. The van der Waals surface area contributed by atoms with Crippen LogP contribution in [0.2, 0.25) is 18.1 Å². The molecule has 0 heterocycles. The van der Waals surface area contributed by atoms with Gasteiger partial charge in [-0.3, -0.25) is 0 Å². The number of methoxy groups -OCH3 is 1.